The topological polar surface area (TPSA) is 26.3 Å². The molecule has 62 valence electrons. The summed E-state index contributed by atoms with van der Waals surface area (Å²) in [6.45, 7) is 6.22. The smallest absolute Gasteiger partial charge is 0.313 e. The van der Waals surface area contributed by atoms with E-state index in [4.69, 9.17) is 4.74 Å². The molecule has 2 aliphatic rings. The first-order valence-electron chi connectivity index (χ1n) is 4.30. The standard InChI is InChI=1S/C9H14O2/c1-5(2)9-4-7(9)6(3)11-8(9)10/h5-7H,4H2,1-3H3/t6-,7+,9+/m0/s1. The summed E-state index contributed by atoms with van der Waals surface area (Å²) >= 11 is 0. The van der Waals surface area contributed by atoms with E-state index in [2.05, 4.69) is 13.8 Å². The Hall–Kier alpha value is -0.530. The highest BCUT2D eigenvalue weighted by molar-refractivity contribution is 5.84. The van der Waals surface area contributed by atoms with E-state index in [-0.39, 0.29) is 17.5 Å². The number of carbonyl (C=O) groups excluding carboxylic acids is 1. The van der Waals surface area contributed by atoms with Crippen LogP contribution < -0.4 is 0 Å². The number of rotatable bonds is 1. The third kappa shape index (κ3) is 0.652. The minimum Gasteiger partial charge on any atom is -0.462 e. The zero-order chi connectivity index (χ0) is 8.22. The molecule has 0 amide bonds. The van der Waals surface area contributed by atoms with Crippen molar-refractivity contribution >= 4 is 5.97 Å². The highest BCUT2D eigenvalue weighted by Gasteiger charge is 2.70. The number of carbonyl (C=O) groups is 1. The van der Waals surface area contributed by atoms with E-state index in [1.807, 2.05) is 6.92 Å². The molecular weight excluding hydrogens is 140 g/mol. The van der Waals surface area contributed by atoms with Gasteiger partial charge in [-0.2, -0.15) is 0 Å². The molecule has 0 N–H and O–H groups in total. The molecule has 0 bridgehead atoms. The average Bonchev–Trinajstić information content (AvgIpc) is 2.56. The normalized spacial score (nSPS) is 47.5. The summed E-state index contributed by atoms with van der Waals surface area (Å²) in [5.74, 6) is 1.02. The Morgan fingerprint density at radius 3 is 2.45 bits per heavy atom. The van der Waals surface area contributed by atoms with Crippen molar-refractivity contribution in [2.75, 3.05) is 0 Å². The van der Waals surface area contributed by atoms with Crippen molar-refractivity contribution in [3.05, 3.63) is 0 Å². The van der Waals surface area contributed by atoms with Gasteiger partial charge in [0.05, 0.1) is 5.41 Å². The SMILES string of the molecule is CC(C)[C@]12C[C@@H]1[C@H](C)OC2=O. The number of esters is 1. The van der Waals surface area contributed by atoms with Crippen molar-refractivity contribution in [2.45, 2.75) is 33.3 Å². The highest BCUT2D eigenvalue weighted by Crippen LogP contribution is 2.64. The maximum absolute atomic E-state index is 11.4. The number of cyclic esters (lactones) is 1. The number of ether oxygens (including phenoxy) is 1. The fourth-order valence-electron chi connectivity index (χ4n) is 2.38. The van der Waals surface area contributed by atoms with Crippen molar-refractivity contribution in [1.82, 2.24) is 0 Å². The molecule has 0 radical (unpaired) electrons. The summed E-state index contributed by atoms with van der Waals surface area (Å²) in [6, 6.07) is 0. The zero-order valence-corrected chi connectivity index (χ0v) is 7.26. The lowest BCUT2D eigenvalue weighted by molar-refractivity contribution is -0.149. The maximum Gasteiger partial charge on any atom is 0.313 e. The quantitative estimate of drug-likeness (QED) is 0.536. The van der Waals surface area contributed by atoms with E-state index in [0.29, 0.717) is 11.8 Å². The molecule has 0 aromatic heterocycles. The maximum atomic E-state index is 11.4. The van der Waals surface area contributed by atoms with Crippen LogP contribution in [-0.4, -0.2) is 12.1 Å². The van der Waals surface area contributed by atoms with Gasteiger partial charge < -0.3 is 4.74 Å². The van der Waals surface area contributed by atoms with E-state index >= 15 is 0 Å². The first-order chi connectivity index (χ1) is 5.09. The van der Waals surface area contributed by atoms with E-state index in [1.54, 1.807) is 0 Å². The molecule has 1 aliphatic carbocycles. The second-order valence-corrected chi connectivity index (χ2v) is 4.12. The Bertz CT molecular complexity index is 210. The molecule has 2 nitrogen and oxygen atoms in total. The molecule has 11 heavy (non-hydrogen) atoms. The first-order valence-corrected chi connectivity index (χ1v) is 4.30. The predicted octanol–water partition coefficient (Wildman–Crippen LogP) is 1.59. The molecule has 0 unspecified atom stereocenters. The molecule has 2 fully saturated rings. The zero-order valence-electron chi connectivity index (χ0n) is 7.26. The Morgan fingerprint density at radius 2 is 2.27 bits per heavy atom. The number of hydrogen-bond acceptors (Lipinski definition) is 2. The van der Waals surface area contributed by atoms with Crippen LogP contribution >= 0.6 is 0 Å². The van der Waals surface area contributed by atoms with Crippen LogP contribution in [0.1, 0.15) is 27.2 Å². The van der Waals surface area contributed by atoms with Crippen molar-refractivity contribution < 1.29 is 9.53 Å². The van der Waals surface area contributed by atoms with Gasteiger partial charge in [0.2, 0.25) is 0 Å². The van der Waals surface area contributed by atoms with Crippen LogP contribution in [0.25, 0.3) is 0 Å². The lowest BCUT2D eigenvalue weighted by atomic mass is 9.90. The van der Waals surface area contributed by atoms with Gasteiger partial charge in [0, 0.05) is 5.92 Å². The summed E-state index contributed by atoms with van der Waals surface area (Å²) in [4.78, 5) is 11.4. The largest absolute Gasteiger partial charge is 0.462 e. The fourth-order valence-corrected chi connectivity index (χ4v) is 2.38. The second-order valence-electron chi connectivity index (χ2n) is 4.12. The van der Waals surface area contributed by atoms with E-state index in [1.165, 1.54) is 0 Å². The van der Waals surface area contributed by atoms with Crippen LogP contribution in [0.4, 0.5) is 0 Å². The number of hydrogen-bond donors (Lipinski definition) is 0. The lowest BCUT2D eigenvalue weighted by Crippen LogP contribution is -2.20. The van der Waals surface area contributed by atoms with Crippen molar-refractivity contribution in [2.24, 2.45) is 17.3 Å². The van der Waals surface area contributed by atoms with Gasteiger partial charge in [-0.25, -0.2) is 0 Å². The molecule has 2 heteroatoms. The average molecular weight is 154 g/mol. The second kappa shape index (κ2) is 1.79. The molecule has 0 spiro atoms. The van der Waals surface area contributed by atoms with Crippen molar-refractivity contribution in [1.29, 1.82) is 0 Å². The van der Waals surface area contributed by atoms with Crippen LogP contribution in [0.3, 0.4) is 0 Å². The third-order valence-corrected chi connectivity index (χ3v) is 3.33. The van der Waals surface area contributed by atoms with Crippen LogP contribution in [0, 0.1) is 17.3 Å². The van der Waals surface area contributed by atoms with Gasteiger partial charge in [-0.1, -0.05) is 13.8 Å². The van der Waals surface area contributed by atoms with E-state index < -0.39 is 0 Å². The molecule has 1 saturated carbocycles. The molecule has 0 aromatic carbocycles. The first kappa shape index (κ1) is 7.14. The van der Waals surface area contributed by atoms with Gasteiger partial charge >= 0.3 is 5.97 Å². The van der Waals surface area contributed by atoms with Crippen LogP contribution in [-0.2, 0) is 9.53 Å². The molecule has 1 aliphatic heterocycles. The highest BCUT2D eigenvalue weighted by atomic mass is 16.6. The summed E-state index contributed by atoms with van der Waals surface area (Å²) in [6.07, 6.45) is 1.23. The Kier molecular flexibility index (Phi) is 1.16. The summed E-state index contributed by atoms with van der Waals surface area (Å²) in [7, 11) is 0. The van der Waals surface area contributed by atoms with Gasteiger partial charge in [0.15, 0.2) is 0 Å². The van der Waals surface area contributed by atoms with Crippen LogP contribution in [0.15, 0.2) is 0 Å². The van der Waals surface area contributed by atoms with E-state index in [9.17, 15) is 4.79 Å². The van der Waals surface area contributed by atoms with Crippen LogP contribution in [0.5, 0.6) is 0 Å². The van der Waals surface area contributed by atoms with Gasteiger partial charge in [-0.15, -0.1) is 0 Å². The Balaban J connectivity index is 2.26. The Labute approximate surface area is 66.9 Å². The molecule has 0 aromatic rings. The molecular formula is C9H14O2. The van der Waals surface area contributed by atoms with Gasteiger partial charge in [0.25, 0.3) is 0 Å². The predicted molar refractivity (Wildman–Crippen MR) is 40.9 cm³/mol. The van der Waals surface area contributed by atoms with Gasteiger partial charge in [0.1, 0.15) is 6.10 Å². The van der Waals surface area contributed by atoms with E-state index in [0.717, 1.165) is 6.42 Å². The fraction of sp³-hybridized carbons (Fsp3) is 0.889. The van der Waals surface area contributed by atoms with Crippen LogP contribution in [0.2, 0.25) is 0 Å². The summed E-state index contributed by atoms with van der Waals surface area (Å²) < 4.78 is 5.15. The van der Waals surface area contributed by atoms with Crippen molar-refractivity contribution in [3.8, 4) is 0 Å². The monoisotopic (exact) mass is 154 g/mol. The number of fused-ring (bicyclic) bond motifs is 1. The van der Waals surface area contributed by atoms with Gasteiger partial charge in [-0.05, 0) is 19.3 Å². The van der Waals surface area contributed by atoms with Crippen molar-refractivity contribution in [3.63, 3.8) is 0 Å². The lowest BCUT2D eigenvalue weighted by Gasteiger charge is -2.12. The minimum atomic E-state index is -0.0700. The molecule has 3 atom stereocenters. The van der Waals surface area contributed by atoms with Gasteiger partial charge in [-0.3, -0.25) is 4.79 Å². The summed E-state index contributed by atoms with van der Waals surface area (Å²) in [5, 5.41) is 0. The molecule has 1 heterocycles. The third-order valence-electron chi connectivity index (χ3n) is 3.33. The molecule has 1 saturated heterocycles. The minimum absolute atomic E-state index is 0.0463. The Morgan fingerprint density at radius 1 is 1.64 bits per heavy atom. The molecule has 2 rings (SSSR count). The summed E-state index contributed by atoms with van der Waals surface area (Å²) in [5.41, 5.74) is -0.0700.